The van der Waals surface area contributed by atoms with E-state index in [9.17, 15) is 4.79 Å². The second-order valence-corrected chi connectivity index (χ2v) is 7.60. The number of pyridine rings is 1. The van der Waals surface area contributed by atoms with Crippen molar-refractivity contribution in [3.63, 3.8) is 0 Å². The molecule has 1 aliphatic rings. The molecule has 134 valence electrons. The molecule has 1 amide bonds. The predicted octanol–water partition coefficient (Wildman–Crippen LogP) is 4.20. The van der Waals surface area contributed by atoms with E-state index in [0.29, 0.717) is 18.4 Å². The van der Waals surface area contributed by atoms with Crippen molar-refractivity contribution >= 4 is 6.09 Å². The van der Waals surface area contributed by atoms with Crippen molar-refractivity contribution in [1.29, 1.82) is 0 Å². The molecule has 0 saturated carbocycles. The van der Waals surface area contributed by atoms with Crippen molar-refractivity contribution in [3.8, 4) is 5.88 Å². The van der Waals surface area contributed by atoms with Crippen molar-refractivity contribution in [3.05, 3.63) is 23.9 Å². The number of amides is 1. The number of piperidine rings is 1. The van der Waals surface area contributed by atoms with Gasteiger partial charge in [0.25, 0.3) is 0 Å². The molecule has 2 rings (SSSR count). The number of hydrogen-bond donors (Lipinski definition) is 0. The summed E-state index contributed by atoms with van der Waals surface area (Å²) in [5.74, 6) is 1.22. The molecule has 5 nitrogen and oxygen atoms in total. The average Bonchev–Trinajstić information content (AvgIpc) is 2.50. The number of ether oxygens (including phenoxy) is 2. The standard InChI is InChI=1S/C19H30N2O3/c1-15-9-10-20-17(13-15)23-12-6-8-16-7-5-11-21(14-16)18(22)24-19(2,3)4/h9-10,13,16H,5-8,11-12,14H2,1-4H3/t16-/m0/s1. The molecule has 1 aliphatic heterocycles. The van der Waals surface area contributed by atoms with E-state index in [1.165, 1.54) is 6.42 Å². The molecule has 1 aromatic heterocycles. The molecule has 1 fully saturated rings. The first-order valence-corrected chi connectivity index (χ1v) is 8.87. The van der Waals surface area contributed by atoms with E-state index in [1.54, 1.807) is 6.20 Å². The maximum atomic E-state index is 12.2. The second-order valence-electron chi connectivity index (χ2n) is 7.60. The van der Waals surface area contributed by atoms with Gasteiger partial charge in [-0.1, -0.05) is 0 Å². The van der Waals surface area contributed by atoms with Crippen LogP contribution in [0.25, 0.3) is 0 Å². The number of carbonyl (C=O) groups excluding carboxylic acids is 1. The molecular weight excluding hydrogens is 304 g/mol. The van der Waals surface area contributed by atoms with Crippen molar-refractivity contribution in [2.75, 3.05) is 19.7 Å². The van der Waals surface area contributed by atoms with Gasteiger partial charge in [0, 0.05) is 25.4 Å². The van der Waals surface area contributed by atoms with E-state index >= 15 is 0 Å². The monoisotopic (exact) mass is 334 g/mol. The zero-order valence-electron chi connectivity index (χ0n) is 15.4. The summed E-state index contributed by atoms with van der Waals surface area (Å²) in [6.45, 7) is 10.0. The fraction of sp³-hybridized carbons (Fsp3) is 0.684. The van der Waals surface area contributed by atoms with Gasteiger partial charge in [-0.05, 0) is 70.9 Å². The molecule has 0 aromatic carbocycles. The summed E-state index contributed by atoms with van der Waals surface area (Å²) < 4.78 is 11.2. The summed E-state index contributed by atoms with van der Waals surface area (Å²) in [5.41, 5.74) is 0.721. The Morgan fingerprint density at radius 2 is 2.21 bits per heavy atom. The third-order valence-corrected chi connectivity index (χ3v) is 4.07. The Balaban J connectivity index is 1.70. The smallest absolute Gasteiger partial charge is 0.410 e. The molecule has 0 N–H and O–H groups in total. The van der Waals surface area contributed by atoms with Gasteiger partial charge < -0.3 is 14.4 Å². The first-order valence-electron chi connectivity index (χ1n) is 8.87. The summed E-state index contributed by atoms with van der Waals surface area (Å²) in [4.78, 5) is 18.2. The van der Waals surface area contributed by atoms with E-state index < -0.39 is 5.60 Å². The van der Waals surface area contributed by atoms with Gasteiger partial charge in [0.2, 0.25) is 5.88 Å². The molecule has 0 spiro atoms. The van der Waals surface area contributed by atoms with Crippen molar-refractivity contribution < 1.29 is 14.3 Å². The Bertz CT molecular complexity index is 540. The summed E-state index contributed by atoms with van der Waals surface area (Å²) in [6.07, 6.45) is 5.83. The van der Waals surface area contributed by atoms with E-state index in [-0.39, 0.29) is 6.09 Å². The molecular formula is C19H30N2O3. The Morgan fingerprint density at radius 3 is 2.92 bits per heavy atom. The number of carbonyl (C=O) groups is 1. The van der Waals surface area contributed by atoms with Crippen molar-refractivity contribution in [1.82, 2.24) is 9.88 Å². The fourth-order valence-corrected chi connectivity index (χ4v) is 2.93. The molecule has 24 heavy (non-hydrogen) atoms. The number of likely N-dealkylation sites (tertiary alicyclic amines) is 1. The number of nitrogens with zero attached hydrogens (tertiary/aromatic N) is 2. The normalized spacial score (nSPS) is 18.3. The molecule has 0 unspecified atom stereocenters. The lowest BCUT2D eigenvalue weighted by atomic mass is 9.94. The van der Waals surface area contributed by atoms with E-state index in [4.69, 9.17) is 9.47 Å². The van der Waals surface area contributed by atoms with Gasteiger partial charge in [-0.15, -0.1) is 0 Å². The third kappa shape index (κ3) is 6.38. The first-order chi connectivity index (χ1) is 11.3. The summed E-state index contributed by atoms with van der Waals surface area (Å²) in [5, 5.41) is 0. The Hall–Kier alpha value is -1.78. The lowest BCUT2D eigenvalue weighted by Gasteiger charge is -2.34. The van der Waals surface area contributed by atoms with Crippen LogP contribution in [-0.2, 0) is 4.74 Å². The first kappa shape index (κ1) is 18.6. The SMILES string of the molecule is Cc1ccnc(OCCC[C@@H]2CCCN(C(=O)OC(C)(C)C)C2)c1. The molecule has 0 bridgehead atoms. The second kappa shape index (κ2) is 8.36. The maximum absolute atomic E-state index is 12.2. The van der Waals surface area contributed by atoms with Gasteiger partial charge in [0.15, 0.2) is 0 Å². The molecule has 0 aliphatic carbocycles. The number of rotatable bonds is 5. The highest BCUT2D eigenvalue weighted by molar-refractivity contribution is 5.68. The van der Waals surface area contributed by atoms with Gasteiger partial charge in [0.1, 0.15) is 5.60 Å². The minimum absolute atomic E-state index is 0.188. The van der Waals surface area contributed by atoms with Crippen LogP contribution in [0.2, 0.25) is 0 Å². The van der Waals surface area contributed by atoms with E-state index in [2.05, 4.69) is 4.98 Å². The highest BCUT2D eigenvalue weighted by Gasteiger charge is 2.27. The van der Waals surface area contributed by atoms with Crippen LogP contribution in [-0.4, -0.2) is 41.3 Å². The van der Waals surface area contributed by atoms with Crippen LogP contribution in [0.15, 0.2) is 18.3 Å². The van der Waals surface area contributed by atoms with E-state index in [0.717, 1.165) is 37.9 Å². The van der Waals surface area contributed by atoms with Gasteiger partial charge in [0.05, 0.1) is 6.61 Å². The summed E-state index contributed by atoms with van der Waals surface area (Å²) >= 11 is 0. The highest BCUT2D eigenvalue weighted by atomic mass is 16.6. The third-order valence-electron chi connectivity index (χ3n) is 4.07. The zero-order chi connectivity index (χ0) is 17.6. The van der Waals surface area contributed by atoms with Crippen LogP contribution in [0.5, 0.6) is 5.88 Å². The largest absolute Gasteiger partial charge is 0.478 e. The van der Waals surface area contributed by atoms with Crippen LogP contribution < -0.4 is 4.74 Å². The summed E-state index contributed by atoms with van der Waals surface area (Å²) in [7, 11) is 0. The Labute approximate surface area is 145 Å². The van der Waals surface area contributed by atoms with Crippen LogP contribution in [0, 0.1) is 12.8 Å². The minimum Gasteiger partial charge on any atom is -0.478 e. The van der Waals surface area contributed by atoms with Crippen LogP contribution in [0.3, 0.4) is 0 Å². The lowest BCUT2D eigenvalue weighted by Crippen LogP contribution is -2.42. The topological polar surface area (TPSA) is 51.7 Å². The Morgan fingerprint density at radius 1 is 1.42 bits per heavy atom. The quantitative estimate of drug-likeness (QED) is 0.757. The van der Waals surface area contributed by atoms with Gasteiger partial charge in [-0.2, -0.15) is 0 Å². The van der Waals surface area contributed by atoms with Crippen molar-refractivity contribution in [2.24, 2.45) is 5.92 Å². The molecule has 1 aromatic rings. The van der Waals surface area contributed by atoms with Crippen LogP contribution >= 0.6 is 0 Å². The average molecular weight is 334 g/mol. The van der Waals surface area contributed by atoms with Crippen LogP contribution in [0.1, 0.15) is 52.0 Å². The van der Waals surface area contributed by atoms with Crippen molar-refractivity contribution in [2.45, 2.75) is 59.0 Å². The predicted molar refractivity (Wildman–Crippen MR) is 94.2 cm³/mol. The zero-order valence-corrected chi connectivity index (χ0v) is 15.4. The fourth-order valence-electron chi connectivity index (χ4n) is 2.93. The molecule has 2 heterocycles. The molecule has 5 heteroatoms. The maximum Gasteiger partial charge on any atom is 0.410 e. The van der Waals surface area contributed by atoms with Gasteiger partial charge in [-0.25, -0.2) is 9.78 Å². The summed E-state index contributed by atoms with van der Waals surface area (Å²) in [6, 6.07) is 3.91. The van der Waals surface area contributed by atoms with Crippen LogP contribution in [0.4, 0.5) is 4.79 Å². The number of aryl methyl sites for hydroxylation is 1. The number of aromatic nitrogens is 1. The van der Waals surface area contributed by atoms with Gasteiger partial charge >= 0.3 is 6.09 Å². The highest BCUT2D eigenvalue weighted by Crippen LogP contribution is 2.23. The lowest BCUT2D eigenvalue weighted by molar-refractivity contribution is 0.0159. The molecule has 1 saturated heterocycles. The Kier molecular flexibility index (Phi) is 6.46. The minimum atomic E-state index is -0.432. The molecule has 1 atom stereocenters. The molecule has 0 radical (unpaired) electrons. The van der Waals surface area contributed by atoms with Gasteiger partial charge in [-0.3, -0.25) is 0 Å². The van der Waals surface area contributed by atoms with E-state index in [1.807, 2.05) is 44.7 Å². The number of hydrogen-bond acceptors (Lipinski definition) is 4.